The predicted molar refractivity (Wildman–Crippen MR) is 69.1 cm³/mol. The van der Waals surface area contributed by atoms with Crippen molar-refractivity contribution in [3.05, 3.63) is 60.2 Å². The van der Waals surface area contributed by atoms with Gasteiger partial charge in [-0.3, -0.25) is 14.8 Å². The number of rotatable bonds is 5. The zero-order chi connectivity index (χ0) is 12.6. The molecule has 0 aliphatic carbocycles. The summed E-state index contributed by atoms with van der Waals surface area (Å²) in [6.45, 7) is 0.663. The van der Waals surface area contributed by atoms with Crippen molar-refractivity contribution >= 4 is 5.91 Å². The third-order valence-electron chi connectivity index (χ3n) is 2.59. The van der Waals surface area contributed by atoms with E-state index in [2.05, 4.69) is 15.3 Å². The third kappa shape index (κ3) is 3.66. The average molecular weight is 241 g/mol. The van der Waals surface area contributed by atoms with Gasteiger partial charge in [0, 0.05) is 36.9 Å². The van der Waals surface area contributed by atoms with Gasteiger partial charge in [-0.05, 0) is 36.6 Å². The molecule has 0 saturated heterocycles. The van der Waals surface area contributed by atoms with E-state index in [-0.39, 0.29) is 5.91 Å². The fourth-order valence-corrected chi connectivity index (χ4v) is 1.65. The minimum Gasteiger partial charge on any atom is -0.352 e. The molecule has 0 unspecified atom stereocenters. The Hall–Kier alpha value is -2.23. The quantitative estimate of drug-likeness (QED) is 0.813. The van der Waals surface area contributed by atoms with Gasteiger partial charge in [-0.15, -0.1) is 0 Å². The summed E-state index contributed by atoms with van der Waals surface area (Å²) in [6.07, 6.45) is 8.67. The molecule has 2 aromatic rings. The molecule has 4 heteroatoms. The van der Waals surface area contributed by atoms with Crippen molar-refractivity contribution in [1.29, 1.82) is 0 Å². The predicted octanol–water partition coefficient (Wildman–Crippen LogP) is 1.84. The Morgan fingerprint density at radius 3 is 2.67 bits per heavy atom. The van der Waals surface area contributed by atoms with E-state index < -0.39 is 0 Å². The number of carbonyl (C=O) groups is 1. The number of nitrogens with one attached hydrogen (secondary N) is 1. The molecule has 0 aliphatic heterocycles. The molecule has 0 aliphatic rings. The van der Waals surface area contributed by atoms with Crippen LogP contribution in [0.3, 0.4) is 0 Å². The van der Waals surface area contributed by atoms with Crippen LogP contribution in [-0.2, 0) is 6.42 Å². The highest BCUT2D eigenvalue weighted by Gasteiger charge is 2.03. The highest BCUT2D eigenvalue weighted by Crippen LogP contribution is 2.00. The summed E-state index contributed by atoms with van der Waals surface area (Å²) in [6, 6.07) is 7.37. The Morgan fingerprint density at radius 1 is 1.11 bits per heavy atom. The molecule has 18 heavy (non-hydrogen) atoms. The SMILES string of the molecule is O=C(NCCCc1cccnc1)c1ccncc1. The molecule has 0 aromatic carbocycles. The summed E-state index contributed by atoms with van der Waals surface area (Å²) >= 11 is 0. The molecule has 0 spiro atoms. The second-order valence-electron chi connectivity index (χ2n) is 3.96. The maximum absolute atomic E-state index is 11.7. The smallest absolute Gasteiger partial charge is 0.251 e. The van der Waals surface area contributed by atoms with Crippen LogP contribution < -0.4 is 5.32 Å². The van der Waals surface area contributed by atoms with Crippen molar-refractivity contribution in [2.75, 3.05) is 6.54 Å². The van der Waals surface area contributed by atoms with Crippen LogP contribution in [0.15, 0.2) is 49.1 Å². The molecule has 1 amide bonds. The standard InChI is InChI=1S/C14H15N3O/c18-14(13-5-9-15-10-6-13)17-8-2-4-12-3-1-7-16-11-12/h1,3,5-7,9-11H,2,4,8H2,(H,17,18). The number of nitrogens with zero attached hydrogens (tertiary/aromatic N) is 2. The van der Waals surface area contributed by atoms with E-state index in [0.29, 0.717) is 12.1 Å². The van der Waals surface area contributed by atoms with Gasteiger partial charge >= 0.3 is 0 Å². The van der Waals surface area contributed by atoms with Gasteiger partial charge in [0.1, 0.15) is 0 Å². The van der Waals surface area contributed by atoms with Crippen molar-refractivity contribution in [2.45, 2.75) is 12.8 Å². The maximum atomic E-state index is 11.7. The number of hydrogen-bond acceptors (Lipinski definition) is 3. The van der Waals surface area contributed by atoms with Crippen LogP contribution in [0.25, 0.3) is 0 Å². The van der Waals surface area contributed by atoms with Crippen molar-refractivity contribution in [3.63, 3.8) is 0 Å². The number of aromatic nitrogens is 2. The van der Waals surface area contributed by atoms with Gasteiger partial charge in [0.15, 0.2) is 0 Å². The molecule has 0 radical (unpaired) electrons. The van der Waals surface area contributed by atoms with E-state index >= 15 is 0 Å². The van der Waals surface area contributed by atoms with Crippen LogP contribution >= 0.6 is 0 Å². The lowest BCUT2D eigenvalue weighted by Crippen LogP contribution is -2.24. The van der Waals surface area contributed by atoms with E-state index in [1.54, 1.807) is 30.7 Å². The van der Waals surface area contributed by atoms with Gasteiger partial charge in [-0.2, -0.15) is 0 Å². The van der Waals surface area contributed by atoms with E-state index in [1.807, 2.05) is 18.3 Å². The number of amides is 1. The molecule has 1 N–H and O–H groups in total. The highest BCUT2D eigenvalue weighted by molar-refractivity contribution is 5.93. The molecule has 4 nitrogen and oxygen atoms in total. The first-order valence-corrected chi connectivity index (χ1v) is 5.93. The summed E-state index contributed by atoms with van der Waals surface area (Å²) in [5.74, 6) is -0.0522. The summed E-state index contributed by atoms with van der Waals surface area (Å²) in [5, 5.41) is 2.88. The second-order valence-corrected chi connectivity index (χ2v) is 3.96. The van der Waals surface area contributed by atoms with E-state index in [0.717, 1.165) is 12.8 Å². The van der Waals surface area contributed by atoms with E-state index in [9.17, 15) is 4.79 Å². The first-order chi connectivity index (χ1) is 8.86. The molecule has 0 saturated carbocycles. The minimum atomic E-state index is -0.0522. The van der Waals surface area contributed by atoms with Crippen LogP contribution in [0.4, 0.5) is 0 Å². The first-order valence-electron chi connectivity index (χ1n) is 5.93. The highest BCUT2D eigenvalue weighted by atomic mass is 16.1. The summed E-state index contributed by atoms with van der Waals surface area (Å²) < 4.78 is 0. The molecular weight excluding hydrogens is 226 g/mol. The van der Waals surface area contributed by atoms with Crippen LogP contribution in [0.5, 0.6) is 0 Å². The summed E-state index contributed by atoms with van der Waals surface area (Å²) in [5.41, 5.74) is 1.84. The van der Waals surface area contributed by atoms with Crippen molar-refractivity contribution in [1.82, 2.24) is 15.3 Å². The summed E-state index contributed by atoms with van der Waals surface area (Å²) in [4.78, 5) is 19.6. The van der Waals surface area contributed by atoms with Crippen molar-refractivity contribution in [3.8, 4) is 0 Å². The Labute approximate surface area is 106 Å². The molecule has 92 valence electrons. The second kappa shape index (κ2) is 6.49. The van der Waals surface area contributed by atoms with Crippen LogP contribution in [0, 0.1) is 0 Å². The van der Waals surface area contributed by atoms with Gasteiger partial charge in [0.25, 0.3) is 5.91 Å². The fraction of sp³-hybridized carbons (Fsp3) is 0.214. The van der Waals surface area contributed by atoms with E-state index in [1.165, 1.54) is 5.56 Å². The number of carbonyl (C=O) groups excluding carboxylic acids is 1. The van der Waals surface area contributed by atoms with Crippen LogP contribution in [0.1, 0.15) is 22.3 Å². The topological polar surface area (TPSA) is 54.9 Å². The Balaban J connectivity index is 1.72. The minimum absolute atomic E-state index is 0.0522. The Kier molecular flexibility index (Phi) is 4.41. The molecular formula is C14H15N3O. The maximum Gasteiger partial charge on any atom is 0.251 e. The monoisotopic (exact) mass is 241 g/mol. The molecule has 2 heterocycles. The van der Waals surface area contributed by atoms with Crippen LogP contribution in [-0.4, -0.2) is 22.4 Å². The third-order valence-corrected chi connectivity index (χ3v) is 2.59. The zero-order valence-corrected chi connectivity index (χ0v) is 10.0. The van der Waals surface area contributed by atoms with E-state index in [4.69, 9.17) is 0 Å². The zero-order valence-electron chi connectivity index (χ0n) is 10.0. The lowest BCUT2D eigenvalue weighted by molar-refractivity contribution is 0.0953. The average Bonchev–Trinajstić information content (AvgIpc) is 2.45. The number of aryl methyl sites for hydroxylation is 1. The normalized spacial score (nSPS) is 10.0. The van der Waals surface area contributed by atoms with Gasteiger partial charge in [0.2, 0.25) is 0 Å². The van der Waals surface area contributed by atoms with Gasteiger partial charge in [-0.25, -0.2) is 0 Å². The molecule has 0 bridgehead atoms. The summed E-state index contributed by atoms with van der Waals surface area (Å²) in [7, 11) is 0. The first kappa shape index (κ1) is 12.2. The Morgan fingerprint density at radius 2 is 1.94 bits per heavy atom. The van der Waals surface area contributed by atoms with Crippen molar-refractivity contribution in [2.24, 2.45) is 0 Å². The number of hydrogen-bond donors (Lipinski definition) is 1. The Bertz CT molecular complexity index is 485. The largest absolute Gasteiger partial charge is 0.352 e. The molecule has 0 fully saturated rings. The lowest BCUT2D eigenvalue weighted by atomic mass is 10.1. The number of pyridine rings is 2. The van der Waals surface area contributed by atoms with Gasteiger partial charge in [-0.1, -0.05) is 6.07 Å². The molecule has 0 atom stereocenters. The van der Waals surface area contributed by atoms with Gasteiger partial charge in [0.05, 0.1) is 0 Å². The lowest BCUT2D eigenvalue weighted by Gasteiger charge is -2.04. The van der Waals surface area contributed by atoms with Crippen LogP contribution in [0.2, 0.25) is 0 Å². The van der Waals surface area contributed by atoms with Gasteiger partial charge < -0.3 is 5.32 Å². The molecule has 2 rings (SSSR count). The van der Waals surface area contributed by atoms with Crippen molar-refractivity contribution < 1.29 is 4.79 Å². The fourth-order valence-electron chi connectivity index (χ4n) is 1.65. The molecule has 2 aromatic heterocycles.